The van der Waals surface area contributed by atoms with Crippen LogP contribution in [0.1, 0.15) is 6.42 Å². The Balaban J connectivity index is 0. The van der Waals surface area contributed by atoms with E-state index in [4.69, 9.17) is 33.0 Å². The van der Waals surface area contributed by atoms with E-state index in [9.17, 15) is 17.5 Å². The number of rotatable bonds is 8. The second kappa shape index (κ2) is 14.9. The molecule has 9 nitrogen and oxygen atoms in total. The average molecular weight is 457 g/mol. The van der Waals surface area contributed by atoms with Crippen molar-refractivity contribution in [2.24, 2.45) is 0 Å². The first kappa shape index (κ1) is 28.1. The molecule has 2 N–H and O–H groups in total. The summed E-state index contributed by atoms with van der Waals surface area (Å²) < 4.78 is 48.0. The van der Waals surface area contributed by atoms with E-state index in [-0.39, 0.29) is 47.7 Å². The second-order valence-electron chi connectivity index (χ2n) is 4.18. The minimum Gasteiger partial charge on any atom is -0.748 e. The minimum atomic E-state index is -4.00. The Bertz CT molecular complexity index is 471. The van der Waals surface area contributed by atoms with Gasteiger partial charge in [0.2, 0.25) is 0 Å². The van der Waals surface area contributed by atoms with Crippen LogP contribution in [0.3, 0.4) is 0 Å². The van der Waals surface area contributed by atoms with Crippen LogP contribution in [0.25, 0.3) is 0 Å². The van der Waals surface area contributed by atoms with Crippen LogP contribution in [0, 0.1) is 0 Å². The van der Waals surface area contributed by atoms with Gasteiger partial charge >= 0.3 is 37.2 Å². The van der Waals surface area contributed by atoms with Crippen molar-refractivity contribution < 1.29 is 61.8 Å². The van der Waals surface area contributed by atoms with Gasteiger partial charge in [0, 0.05) is 42.8 Å². The van der Waals surface area contributed by atoms with Gasteiger partial charge in [-0.05, 0) is 0 Å². The number of alkyl halides is 2. The van der Waals surface area contributed by atoms with Crippen LogP contribution in [-0.4, -0.2) is 72.1 Å². The van der Waals surface area contributed by atoms with Crippen LogP contribution in [0.4, 0.5) is 0 Å². The summed E-state index contributed by atoms with van der Waals surface area (Å²) in [4.78, 5) is 4.14. The van der Waals surface area contributed by atoms with Crippen molar-refractivity contribution in [3.05, 3.63) is 0 Å². The van der Waals surface area contributed by atoms with Gasteiger partial charge in [0.15, 0.2) is 6.23 Å². The monoisotopic (exact) mass is 456 g/mol. The van der Waals surface area contributed by atoms with Crippen molar-refractivity contribution in [1.82, 2.24) is 9.76 Å². The van der Waals surface area contributed by atoms with Gasteiger partial charge < -0.3 is 9.08 Å². The Morgan fingerprint density at radius 2 is 1.96 bits per heavy atom. The summed E-state index contributed by atoms with van der Waals surface area (Å²) in [6.45, 7) is 1.02. The van der Waals surface area contributed by atoms with E-state index in [0.29, 0.717) is 31.3 Å². The molecule has 1 fully saturated rings. The Labute approximate surface area is 179 Å². The molecule has 15 heteroatoms. The van der Waals surface area contributed by atoms with Gasteiger partial charge in [0.05, 0.1) is 16.7 Å². The summed E-state index contributed by atoms with van der Waals surface area (Å²) in [6.07, 6.45) is -0.261. The maximum Gasteiger partial charge on any atom is 1.00 e. The fraction of sp³-hybridized carbons (Fsp3) is 1.00. The van der Waals surface area contributed by atoms with Crippen LogP contribution in [0.5, 0.6) is 0 Å². The minimum absolute atomic E-state index is 0. The molecule has 0 radical (unpaired) electrons. The Hall–Kier alpha value is 1.87. The van der Waals surface area contributed by atoms with Crippen molar-refractivity contribution in [1.29, 1.82) is 0 Å². The van der Waals surface area contributed by atoms with Crippen LogP contribution >= 0.6 is 43.5 Å². The molecule has 140 valence electrons. The topological polar surface area (TPSA) is 128 Å². The molecular weight excluding hydrogens is 437 g/mol. The molecule has 0 aromatic carbocycles. The van der Waals surface area contributed by atoms with E-state index in [1.807, 2.05) is 0 Å². The van der Waals surface area contributed by atoms with Crippen molar-refractivity contribution in [3.63, 3.8) is 0 Å². The number of halogens is 2. The Kier molecular flexibility index (Phi) is 17.4. The van der Waals surface area contributed by atoms with Crippen molar-refractivity contribution in [2.45, 2.75) is 12.6 Å². The largest absolute Gasteiger partial charge is 1.00 e. The quantitative estimate of drug-likeness (QED) is 0.0733. The predicted octanol–water partition coefficient (Wildman–Crippen LogP) is -1.83. The maximum absolute atomic E-state index is 12.4. The molecule has 1 rings (SSSR count). The fourth-order valence-corrected chi connectivity index (χ4v) is 5.05. The average Bonchev–Trinajstić information content (AvgIpc) is 2.46. The third-order valence-electron chi connectivity index (χ3n) is 2.48. The van der Waals surface area contributed by atoms with Crippen LogP contribution in [-0.2, 0) is 24.1 Å². The maximum atomic E-state index is 12.4. The first-order valence-corrected chi connectivity index (χ1v) is 11.3. The van der Waals surface area contributed by atoms with Gasteiger partial charge in [0.1, 0.15) is 0 Å². The standard InChI is InChI=1S/C7H15Cl2N2O4P.C2H6O3S2.Na/c8-2-4-11(5-3-9)16(13)10-7(15-12)1-6-14-16;3-7(4,5)2-1-6;/h7,12H,1-6H2,(H,10,13);6H,1-2H2,(H,3,4,5);/q;;+1/p-1. The molecule has 1 heterocycles. The molecule has 0 aliphatic carbocycles. The van der Waals surface area contributed by atoms with Gasteiger partial charge in [-0.1, -0.05) is 0 Å². The summed E-state index contributed by atoms with van der Waals surface area (Å²) in [5.74, 6) is 0.356. The molecule has 0 amide bonds. The molecule has 0 bridgehead atoms. The Morgan fingerprint density at radius 3 is 2.29 bits per heavy atom. The van der Waals surface area contributed by atoms with E-state index >= 15 is 0 Å². The molecule has 0 aromatic rings. The number of nitrogens with one attached hydrogen (secondary N) is 1. The molecule has 2 unspecified atom stereocenters. The summed E-state index contributed by atoms with van der Waals surface area (Å²) in [7, 11) is -7.20. The van der Waals surface area contributed by atoms with E-state index < -0.39 is 24.0 Å². The normalized spacial score (nSPS) is 24.0. The molecule has 0 saturated carbocycles. The van der Waals surface area contributed by atoms with Gasteiger partial charge in [0.25, 0.3) is 0 Å². The van der Waals surface area contributed by atoms with E-state index in [2.05, 4.69) is 22.6 Å². The third kappa shape index (κ3) is 12.3. The molecule has 0 spiro atoms. The molecule has 0 aromatic heterocycles. The van der Waals surface area contributed by atoms with Crippen LogP contribution in [0.15, 0.2) is 0 Å². The van der Waals surface area contributed by atoms with Crippen molar-refractivity contribution >= 4 is 53.6 Å². The first-order valence-electron chi connectivity index (χ1n) is 6.46. The SMILES string of the molecule is O=P1(N(CCCl)CCCl)NC(OO)CCO1.O=S(=O)([O-])CCS.[Na+]. The predicted molar refractivity (Wildman–Crippen MR) is 90.2 cm³/mol. The smallest absolute Gasteiger partial charge is 0.748 e. The molecule has 1 aliphatic heterocycles. The summed E-state index contributed by atoms with van der Waals surface area (Å²) in [6, 6.07) is 0. The third-order valence-corrected chi connectivity index (χ3v) is 6.34. The number of nitrogens with zero attached hydrogens (tertiary/aromatic N) is 1. The summed E-state index contributed by atoms with van der Waals surface area (Å²) in [5, 5.41) is 11.2. The van der Waals surface area contributed by atoms with Gasteiger partial charge in [-0.2, -0.15) is 12.6 Å². The Morgan fingerprint density at radius 1 is 1.42 bits per heavy atom. The molecule has 2 atom stereocenters. The molecule has 1 saturated heterocycles. The number of hydrogen-bond donors (Lipinski definition) is 3. The molecular formula is C9H20Cl2N2NaO7PS2. The molecule has 24 heavy (non-hydrogen) atoms. The fourth-order valence-electron chi connectivity index (χ4n) is 1.49. The summed E-state index contributed by atoms with van der Waals surface area (Å²) in [5.41, 5.74) is 0. The zero-order chi connectivity index (χ0) is 17.9. The summed E-state index contributed by atoms with van der Waals surface area (Å²) >= 11 is 14.8. The van der Waals surface area contributed by atoms with Crippen molar-refractivity contribution in [3.8, 4) is 0 Å². The van der Waals surface area contributed by atoms with Gasteiger partial charge in [-0.25, -0.2) is 23.1 Å². The van der Waals surface area contributed by atoms with E-state index in [1.54, 1.807) is 0 Å². The van der Waals surface area contributed by atoms with Crippen LogP contribution < -0.4 is 34.6 Å². The second-order valence-corrected chi connectivity index (χ2v) is 9.03. The van der Waals surface area contributed by atoms with Crippen LogP contribution in [0.2, 0.25) is 0 Å². The van der Waals surface area contributed by atoms with Crippen molar-refractivity contribution in [2.75, 3.05) is 43.0 Å². The van der Waals surface area contributed by atoms with E-state index in [1.165, 1.54) is 4.67 Å². The zero-order valence-electron chi connectivity index (χ0n) is 13.1. The first-order chi connectivity index (χ1) is 10.7. The van der Waals surface area contributed by atoms with E-state index in [0.717, 1.165) is 0 Å². The van der Waals surface area contributed by atoms with Gasteiger partial charge in [-0.15, -0.1) is 23.2 Å². The zero-order valence-corrected chi connectivity index (χ0v) is 19.3. The number of hydrogen-bond acceptors (Lipinski definition) is 8. The molecule has 1 aliphatic rings. The van der Waals surface area contributed by atoms with Gasteiger partial charge in [-0.3, -0.25) is 9.82 Å². The number of thiol groups is 1.